The van der Waals surface area contributed by atoms with E-state index in [1.165, 1.54) is 25.0 Å². The van der Waals surface area contributed by atoms with Gasteiger partial charge >= 0.3 is 0 Å². The molecule has 0 aromatic carbocycles. The minimum absolute atomic E-state index is 0.549. The van der Waals surface area contributed by atoms with Crippen LogP contribution in [0.4, 0.5) is 0 Å². The maximum absolute atomic E-state index is 4.35. The van der Waals surface area contributed by atoms with E-state index < -0.39 is 0 Å². The molecular weight excluding hydrogens is 248 g/mol. The zero-order chi connectivity index (χ0) is 14.5. The summed E-state index contributed by atoms with van der Waals surface area (Å²) in [5.74, 6) is 2.53. The molecule has 4 heteroatoms. The number of nitrogens with zero attached hydrogens (tertiary/aromatic N) is 2. The van der Waals surface area contributed by atoms with Crippen LogP contribution in [0.2, 0.25) is 0 Å². The topological polar surface area (TPSA) is 41.4 Å². The van der Waals surface area contributed by atoms with Gasteiger partial charge in [0.15, 0.2) is 5.96 Å². The molecule has 1 heterocycles. The molecule has 1 aliphatic rings. The molecule has 2 rings (SSSR count). The minimum atomic E-state index is 0.549. The zero-order valence-corrected chi connectivity index (χ0v) is 13.2. The van der Waals surface area contributed by atoms with Crippen molar-refractivity contribution in [2.24, 2.45) is 23.9 Å². The fourth-order valence-corrected chi connectivity index (χ4v) is 3.31. The number of guanidine groups is 1. The van der Waals surface area contributed by atoms with Crippen LogP contribution in [0.25, 0.3) is 0 Å². The Bertz CT molecular complexity index is 439. The predicted molar refractivity (Wildman–Crippen MR) is 84.7 cm³/mol. The van der Waals surface area contributed by atoms with E-state index in [1.807, 2.05) is 7.05 Å². The van der Waals surface area contributed by atoms with E-state index in [-0.39, 0.29) is 0 Å². The lowest BCUT2D eigenvalue weighted by Crippen LogP contribution is -2.46. The van der Waals surface area contributed by atoms with Crippen LogP contribution in [0.15, 0.2) is 23.3 Å². The fraction of sp³-hybridized carbons (Fsp3) is 0.688. The standard InChI is InChI=1S/C16H28N4/c1-12-8-13(2)10-14(9-12)19-16(17-3)18-11-15-6-5-7-20(15)4/h5-7,12-14H,8-11H2,1-4H3,(H2,17,18,19). The van der Waals surface area contributed by atoms with Gasteiger partial charge in [-0.1, -0.05) is 13.8 Å². The van der Waals surface area contributed by atoms with Crippen molar-refractivity contribution < 1.29 is 0 Å². The summed E-state index contributed by atoms with van der Waals surface area (Å²) in [7, 11) is 3.91. The number of nitrogens with one attached hydrogen (secondary N) is 2. The number of hydrogen-bond acceptors (Lipinski definition) is 1. The molecule has 112 valence electrons. The Morgan fingerprint density at radius 2 is 2.00 bits per heavy atom. The molecule has 1 aliphatic carbocycles. The lowest BCUT2D eigenvalue weighted by molar-refractivity contribution is 0.255. The van der Waals surface area contributed by atoms with E-state index in [1.54, 1.807) is 0 Å². The number of aliphatic imine (C=N–C) groups is 1. The fourth-order valence-electron chi connectivity index (χ4n) is 3.31. The summed E-state index contributed by atoms with van der Waals surface area (Å²) in [4.78, 5) is 4.35. The second kappa shape index (κ2) is 6.82. The summed E-state index contributed by atoms with van der Waals surface area (Å²) in [6, 6.07) is 4.75. The number of hydrogen-bond donors (Lipinski definition) is 2. The van der Waals surface area contributed by atoms with Gasteiger partial charge in [0.05, 0.1) is 6.54 Å². The van der Waals surface area contributed by atoms with Gasteiger partial charge in [-0.2, -0.15) is 0 Å². The second-order valence-corrected chi connectivity index (χ2v) is 6.29. The Morgan fingerprint density at radius 1 is 1.30 bits per heavy atom. The van der Waals surface area contributed by atoms with Gasteiger partial charge < -0.3 is 15.2 Å². The van der Waals surface area contributed by atoms with Crippen molar-refractivity contribution in [3.05, 3.63) is 24.0 Å². The van der Waals surface area contributed by atoms with Crippen LogP contribution in [0.1, 0.15) is 38.8 Å². The average molecular weight is 276 g/mol. The highest BCUT2D eigenvalue weighted by Gasteiger charge is 2.24. The largest absolute Gasteiger partial charge is 0.354 e. The van der Waals surface area contributed by atoms with Crippen molar-refractivity contribution in [3.63, 3.8) is 0 Å². The third kappa shape index (κ3) is 4.02. The van der Waals surface area contributed by atoms with Crippen LogP contribution in [0.5, 0.6) is 0 Å². The molecule has 1 fully saturated rings. The first-order chi connectivity index (χ1) is 9.58. The molecule has 0 radical (unpaired) electrons. The Labute approximate surface area is 122 Å². The smallest absolute Gasteiger partial charge is 0.191 e. The third-order valence-corrected chi connectivity index (χ3v) is 4.23. The highest BCUT2D eigenvalue weighted by molar-refractivity contribution is 5.79. The molecule has 0 saturated heterocycles. The predicted octanol–water partition coefficient (Wildman–Crippen LogP) is 2.51. The molecule has 0 bridgehead atoms. The van der Waals surface area contributed by atoms with Crippen LogP contribution in [0.3, 0.4) is 0 Å². The van der Waals surface area contributed by atoms with E-state index in [9.17, 15) is 0 Å². The maximum Gasteiger partial charge on any atom is 0.191 e. The van der Waals surface area contributed by atoms with Crippen molar-refractivity contribution in [2.45, 2.75) is 45.7 Å². The van der Waals surface area contributed by atoms with Crippen LogP contribution >= 0.6 is 0 Å². The summed E-state index contributed by atoms with van der Waals surface area (Å²) < 4.78 is 2.13. The van der Waals surface area contributed by atoms with Crippen molar-refractivity contribution in [2.75, 3.05) is 7.05 Å². The quantitative estimate of drug-likeness (QED) is 0.658. The van der Waals surface area contributed by atoms with E-state index in [0.29, 0.717) is 6.04 Å². The first kappa shape index (κ1) is 14.9. The van der Waals surface area contributed by atoms with Gasteiger partial charge in [0.2, 0.25) is 0 Å². The van der Waals surface area contributed by atoms with Gasteiger partial charge in [0.25, 0.3) is 0 Å². The number of aromatic nitrogens is 1. The zero-order valence-electron chi connectivity index (χ0n) is 13.2. The third-order valence-electron chi connectivity index (χ3n) is 4.23. The highest BCUT2D eigenvalue weighted by atomic mass is 15.2. The monoisotopic (exact) mass is 276 g/mol. The van der Waals surface area contributed by atoms with Gasteiger partial charge in [0.1, 0.15) is 0 Å². The number of aryl methyl sites for hydroxylation is 1. The summed E-state index contributed by atoms with van der Waals surface area (Å²) in [6.45, 7) is 5.51. The molecule has 4 nitrogen and oxygen atoms in total. The minimum Gasteiger partial charge on any atom is -0.354 e. The lowest BCUT2D eigenvalue weighted by atomic mass is 9.80. The van der Waals surface area contributed by atoms with Crippen molar-refractivity contribution in [3.8, 4) is 0 Å². The summed E-state index contributed by atoms with van der Waals surface area (Å²) in [5.41, 5.74) is 1.26. The Morgan fingerprint density at radius 3 is 2.55 bits per heavy atom. The van der Waals surface area contributed by atoms with E-state index in [2.05, 4.69) is 59.4 Å². The van der Waals surface area contributed by atoms with Crippen LogP contribution < -0.4 is 10.6 Å². The molecule has 0 spiro atoms. The normalized spacial score (nSPS) is 27.4. The summed E-state index contributed by atoms with van der Waals surface area (Å²) >= 11 is 0. The van der Waals surface area contributed by atoms with Crippen LogP contribution in [0, 0.1) is 11.8 Å². The van der Waals surface area contributed by atoms with E-state index in [0.717, 1.165) is 24.3 Å². The molecule has 20 heavy (non-hydrogen) atoms. The summed E-state index contributed by atoms with van der Waals surface area (Å²) in [6.07, 6.45) is 5.91. The first-order valence-corrected chi connectivity index (χ1v) is 7.66. The first-order valence-electron chi connectivity index (χ1n) is 7.66. The van der Waals surface area contributed by atoms with Gasteiger partial charge in [-0.15, -0.1) is 0 Å². The van der Waals surface area contributed by atoms with Crippen LogP contribution in [-0.4, -0.2) is 23.6 Å². The van der Waals surface area contributed by atoms with Gasteiger partial charge in [-0.25, -0.2) is 0 Å². The molecular formula is C16H28N4. The van der Waals surface area contributed by atoms with E-state index >= 15 is 0 Å². The van der Waals surface area contributed by atoms with Gasteiger partial charge in [0, 0.05) is 32.0 Å². The van der Waals surface area contributed by atoms with Crippen LogP contribution in [-0.2, 0) is 13.6 Å². The molecule has 1 aromatic rings. The lowest BCUT2D eigenvalue weighted by Gasteiger charge is -2.32. The molecule has 2 unspecified atom stereocenters. The average Bonchev–Trinajstić information content (AvgIpc) is 2.79. The Balaban J connectivity index is 1.85. The molecule has 0 aliphatic heterocycles. The molecule has 2 atom stereocenters. The van der Waals surface area contributed by atoms with Gasteiger partial charge in [-0.3, -0.25) is 4.99 Å². The molecule has 0 amide bonds. The highest BCUT2D eigenvalue weighted by Crippen LogP contribution is 2.28. The number of rotatable bonds is 3. The van der Waals surface area contributed by atoms with Crippen molar-refractivity contribution >= 4 is 5.96 Å². The molecule has 2 N–H and O–H groups in total. The molecule has 1 aromatic heterocycles. The summed E-state index contributed by atoms with van der Waals surface area (Å²) in [5, 5.41) is 6.99. The Kier molecular flexibility index (Phi) is 5.10. The second-order valence-electron chi connectivity index (χ2n) is 6.29. The maximum atomic E-state index is 4.35. The van der Waals surface area contributed by atoms with E-state index in [4.69, 9.17) is 0 Å². The Hall–Kier alpha value is -1.45. The molecule has 1 saturated carbocycles. The van der Waals surface area contributed by atoms with Gasteiger partial charge in [-0.05, 0) is 43.2 Å². The van der Waals surface area contributed by atoms with Crippen molar-refractivity contribution in [1.82, 2.24) is 15.2 Å². The van der Waals surface area contributed by atoms with Crippen molar-refractivity contribution in [1.29, 1.82) is 0 Å². The SMILES string of the molecule is CN=C(NCc1cccn1C)NC1CC(C)CC(C)C1.